The minimum Gasteiger partial charge on any atom is -0.493 e. The monoisotopic (exact) mass is 401 g/mol. The van der Waals surface area contributed by atoms with Crippen LogP contribution in [0.25, 0.3) is 11.3 Å². The number of para-hydroxylation sites is 1. The lowest BCUT2D eigenvalue weighted by Crippen LogP contribution is -2.24. The van der Waals surface area contributed by atoms with Gasteiger partial charge in [0.05, 0.1) is 30.1 Å². The summed E-state index contributed by atoms with van der Waals surface area (Å²) in [6.45, 7) is 3.66. The Kier molecular flexibility index (Phi) is 6.43. The molecule has 3 aromatic rings. The van der Waals surface area contributed by atoms with Crippen LogP contribution in [0, 0.1) is 5.82 Å². The standard InChI is InChI=1S/C21H21F2N3O3/c1-3-28-19-9-8-14(23)10-17(19)18-11-15(25-26-18)12-24-21(27)16-6-4-5-7-20(16)29-13(2)22/h4-11,13H,3,12H2,1-2H3,(H,24,27)(H,25,26). The zero-order valence-corrected chi connectivity index (χ0v) is 16.0. The molecule has 0 aliphatic rings. The molecule has 6 nitrogen and oxygen atoms in total. The van der Waals surface area contributed by atoms with Crippen molar-refractivity contribution in [3.05, 3.63) is 65.6 Å². The molecule has 2 N–H and O–H groups in total. The Morgan fingerprint density at radius 3 is 2.76 bits per heavy atom. The second kappa shape index (κ2) is 9.18. The van der Waals surface area contributed by atoms with Crippen LogP contribution in [-0.4, -0.2) is 29.1 Å². The molecule has 0 fully saturated rings. The van der Waals surface area contributed by atoms with Gasteiger partial charge < -0.3 is 14.8 Å². The number of hydrogen-bond acceptors (Lipinski definition) is 4. The van der Waals surface area contributed by atoms with Gasteiger partial charge in [0.25, 0.3) is 5.91 Å². The summed E-state index contributed by atoms with van der Waals surface area (Å²) in [5.41, 5.74) is 1.83. The van der Waals surface area contributed by atoms with Crippen molar-refractivity contribution < 1.29 is 23.0 Å². The lowest BCUT2D eigenvalue weighted by molar-refractivity contribution is 0.0814. The van der Waals surface area contributed by atoms with E-state index in [1.807, 2.05) is 6.92 Å². The summed E-state index contributed by atoms with van der Waals surface area (Å²) in [7, 11) is 0. The minimum absolute atomic E-state index is 0.143. The number of benzene rings is 2. The van der Waals surface area contributed by atoms with Crippen LogP contribution in [0.3, 0.4) is 0 Å². The van der Waals surface area contributed by atoms with Crippen molar-refractivity contribution in [2.75, 3.05) is 6.61 Å². The number of H-pyrrole nitrogens is 1. The highest BCUT2D eigenvalue weighted by Gasteiger charge is 2.15. The number of aromatic amines is 1. The van der Waals surface area contributed by atoms with Crippen LogP contribution in [0.5, 0.6) is 11.5 Å². The van der Waals surface area contributed by atoms with E-state index in [1.54, 1.807) is 30.3 Å². The van der Waals surface area contributed by atoms with Gasteiger partial charge in [0, 0.05) is 12.5 Å². The zero-order chi connectivity index (χ0) is 20.8. The van der Waals surface area contributed by atoms with Crippen LogP contribution in [-0.2, 0) is 6.54 Å². The van der Waals surface area contributed by atoms with Crippen LogP contribution in [0.15, 0.2) is 48.5 Å². The van der Waals surface area contributed by atoms with Gasteiger partial charge in [0.2, 0.25) is 6.36 Å². The molecule has 152 valence electrons. The number of carbonyl (C=O) groups is 1. The van der Waals surface area contributed by atoms with Crippen molar-refractivity contribution >= 4 is 5.91 Å². The molecule has 0 saturated carbocycles. The van der Waals surface area contributed by atoms with Crippen LogP contribution in [0.4, 0.5) is 8.78 Å². The lowest BCUT2D eigenvalue weighted by atomic mass is 10.1. The first kappa shape index (κ1) is 20.3. The van der Waals surface area contributed by atoms with Crippen molar-refractivity contribution in [1.82, 2.24) is 15.5 Å². The molecule has 0 radical (unpaired) electrons. The van der Waals surface area contributed by atoms with Crippen molar-refractivity contribution in [3.8, 4) is 22.8 Å². The van der Waals surface area contributed by atoms with E-state index in [0.29, 0.717) is 29.3 Å². The molecule has 1 unspecified atom stereocenters. The molecule has 1 heterocycles. The Labute approximate surface area is 166 Å². The number of amides is 1. The highest BCUT2D eigenvalue weighted by Crippen LogP contribution is 2.30. The van der Waals surface area contributed by atoms with Crippen molar-refractivity contribution in [1.29, 1.82) is 0 Å². The summed E-state index contributed by atoms with van der Waals surface area (Å²) in [4.78, 5) is 12.5. The number of alkyl halides is 1. The number of ether oxygens (including phenoxy) is 2. The molecule has 0 spiro atoms. The third-order valence-corrected chi connectivity index (χ3v) is 4.01. The molecular weight excluding hydrogens is 380 g/mol. The van der Waals surface area contributed by atoms with Crippen LogP contribution in [0.1, 0.15) is 29.9 Å². The van der Waals surface area contributed by atoms with E-state index in [2.05, 4.69) is 15.5 Å². The molecule has 0 aliphatic heterocycles. The average molecular weight is 401 g/mol. The summed E-state index contributed by atoms with van der Waals surface area (Å²) < 4.78 is 37.4. The van der Waals surface area contributed by atoms with E-state index in [0.717, 1.165) is 0 Å². The second-order valence-corrected chi connectivity index (χ2v) is 6.19. The second-order valence-electron chi connectivity index (χ2n) is 6.19. The average Bonchev–Trinajstić information content (AvgIpc) is 3.16. The van der Waals surface area contributed by atoms with E-state index in [9.17, 15) is 13.6 Å². The largest absolute Gasteiger partial charge is 0.493 e. The third-order valence-electron chi connectivity index (χ3n) is 4.01. The first-order valence-electron chi connectivity index (χ1n) is 9.13. The van der Waals surface area contributed by atoms with E-state index in [1.165, 1.54) is 25.1 Å². The predicted molar refractivity (Wildman–Crippen MR) is 104 cm³/mol. The number of aromatic nitrogens is 2. The number of hydrogen-bond donors (Lipinski definition) is 2. The molecule has 2 aromatic carbocycles. The predicted octanol–water partition coefficient (Wildman–Crippen LogP) is 4.24. The zero-order valence-electron chi connectivity index (χ0n) is 16.0. The highest BCUT2D eigenvalue weighted by molar-refractivity contribution is 5.96. The molecule has 1 aromatic heterocycles. The highest BCUT2D eigenvalue weighted by atomic mass is 19.1. The first-order valence-corrected chi connectivity index (χ1v) is 9.13. The van der Waals surface area contributed by atoms with Crippen molar-refractivity contribution in [3.63, 3.8) is 0 Å². The fourth-order valence-electron chi connectivity index (χ4n) is 2.78. The van der Waals surface area contributed by atoms with E-state index >= 15 is 0 Å². The fraction of sp³-hybridized carbons (Fsp3) is 0.238. The van der Waals surface area contributed by atoms with Crippen molar-refractivity contribution in [2.45, 2.75) is 26.7 Å². The number of halogens is 2. The Balaban J connectivity index is 1.72. The topological polar surface area (TPSA) is 76.2 Å². The lowest BCUT2D eigenvalue weighted by Gasteiger charge is -2.11. The van der Waals surface area contributed by atoms with E-state index in [4.69, 9.17) is 9.47 Å². The molecule has 1 amide bonds. The van der Waals surface area contributed by atoms with Gasteiger partial charge in [-0.2, -0.15) is 5.10 Å². The maximum absolute atomic E-state index is 13.7. The number of nitrogens with one attached hydrogen (secondary N) is 2. The van der Waals surface area contributed by atoms with Crippen LogP contribution < -0.4 is 14.8 Å². The number of rotatable bonds is 8. The maximum atomic E-state index is 13.7. The molecule has 1 atom stereocenters. The molecule has 3 rings (SSSR count). The normalized spacial score (nSPS) is 11.7. The molecule has 29 heavy (non-hydrogen) atoms. The van der Waals surface area contributed by atoms with Gasteiger partial charge in [-0.25, -0.2) is 8.78 Å². The van der Waals surface area contributed by atoms with Gasteiger partial charge in [0.1, 0.15) is 17.3 Å². The van der Waals surface area contributed by atoms with Gasteiger partial charge in [-0.15, -0.1) is 0 Å². The maximum Gasteiger partial charge on any atom is 0.255 e. The van der Waals surface area contributed by atoms with Gasteiger partial charge >= 0.3 is 0 Å². The van der Waals surface area contributed by atoms with E-state index < -0.39 is 18.1 Å². The van der Waals surface area contributed by atoms with Gasteiger partial charge in [-0.05, 0) is 43.3 Å². The molecule has 8 heteroatoms. The fourth-order valence-corrected chi connectivity index (χ4v) is 2.78. The van der Waals surface area contributed by atoms with Gasteiger partial charge in [-0.3, -0.25) is 9.89 Å². The van der Waals surface area contributed by atoms with Crippen LogP contribution >= 0.6 is 0 Å². The molecular formula is C21H21F2N3O3. The Morgan fingerprint density at radius 1 is 1.21 bits per heavy atom. The number of nitrogens with zero attached hydrogens (tertiary/aromatic N) is 1. The molecule has 0 saturated heterocycles. The smallest absolute Gasteiger partial charge is 0.255 e. The Bertz CT molecular complexity index is 989. The SMILES string of the molecule is CCOc1ccc(F)cc1-c1cc(CNC(=O)c2ccccc2OC(C)F)[nH]n1. The van der Waals surface area contributed by atoms with Crippen LogP contribution in [0.2, 0.25) is 0 Å². The summed E-state index contributed by atoms with van der Waals surface area (Å²) in [6.07, 6.45) is -1.54. The van der Waals surface area contributed by atoms with Gasteiger partial charge in [-0.1, -0.05) is 12.1 Å². The minimum atomic E-state index is -1.54. The quantitative estimate of drug-likeness (QED) is 0.592. The van der Waals surface area contributed by atoms with E-state index in [-0.39, 0.29) is 17.9 Å². The number of carbonyl (C=O) groups excluding carboxylic acids is 1. The molecule has 0 aliphatic carbocycles. The summed E-state index contributed by atoms with van der Waals surface area (Å²) >= 11 is 0. The molecule has 0 bridgehead atoms. The Hall–Kier alpha value is -3.42. The van der Waals surface area contributed by atoms with Gasteiger partial charge in [0.15, 0.2) is 0 Å². The summed E-state index contributed by atoms with van der Waals surface area (Å²) in [5.74, 6) is -0.146. The Morgan fingerprint density at radius 2 is 2.00 bits per heavy atom. The summed E-state index contributed by atoms with van der Waals surface area (Å²) in [6, 6.07) is 12.3. The first-order chi connectivity index (χ1) is 14.0. The third kappa shape index (κ3) is 5.10. The van der Waals surface area contributed by atoms with Crippen molar-refractivity contribution in [2.24, 2.45) is 0 Å². The summed E-state index contributed by atoms with van der Waals surface area (Å²) in [5, 5.41) is 9.72.